The first-order chi connectivity index (χ1) is 7.95. The Hall–Kier alpha value is -0.920. The van der Waals surface area contributed by atoms with Crippen molar-refractivity contribution in [1.29, 1.82) is 0 Å². The molecule has 5 nitrogen and oxygen atoms in total. The average molecular weight is 277 g/mol. The van der Waals surface area contributed by atoms with Gasteiger partial charge in [0.1, 0.15) is 10.8 Å². The molecule has 1 rings (SSSR count). The van der Waals surface area contributed by atoms with Crippen molar-refractivity contribution >= 4 is 27.2 Å². The summed E-state index contributed by atoms with van der Waals surface area (Å²) in [5.74, 6) is 0. The van der Waals surface area contributed by atoms with Crippen molar-refractivity contribution in [3.05, 3.63) is 17.0 Å². The van der Waals surface area contributed by atoms with E-state index >= 15 is 0 Å². The van der Waals surface area contributed by atoms with Crippen LogP contribution in [-0.2, 0) is 15.0 Å². The third-order valence-corrected chi connectivity index (χ3v) is 4.50. The molecule has 1 aromatic heterocycles. The lowest BCUT2D eigenvalue weighted by Gasteiger charge is -1.98. The van der Waals surface area contributed by atoms with Gasteiger partial charge in [-0.25, -0.2) is 0 Å². The van der Waals surface area contributed by atoms with Gasteiger partial charge < -0.3 is 4.84 Å². The van der Waals surface area contributed by atoms with Crippen LogP contribution < -0.4 is 0 Å². The van der Waals surface area contributed by atoms with E-state index in [0.717, 1.165) is 24.2 Å². The van der Waals surface area contributed by atoms with Gasteiger partial charge >= 0.3 is 10.1 Å². The Kier molecular flexibility index (Phi) is 5.10. The van der Waals surface area contributed by atoms with Crippen molar-refractivity contribution < 1.29 is 17.8 Å². The van der Waals surface area contributed by atoms with Crippen molar-refractivity contribution in [1.82, 2.24) is 0 Å². The van der Waals surface area contributed by atoms with E-state index in [1.807, 2.05) is 0 Å². The highest BCUT2D eigenvalue weighted by atomic mass is 32.3. The first-order valence-corrected chi connectivity index (χ1v) is 7.45. The van der Waals surface area contributed by atoms with Crippen LogP contribution in [0.4, 0.5) is 0 Å². The average Bonchev–Trinajstić information content (AvgIpc) is 2.72. The molecule has 0 radical (unpaired) electrons. The molecule has 0 fully saturated rings. The van der Waals surface area contributed by atoms with Gasteiger partial charge in [-0.3, -0.25) is 4.55 Å². The number of rotatable bonds is 6. The second-order valence-corrected chi connectivity index (χ2v) is 6.19. The van der Waals surface area contributed by atoms with Crippen LogP contribution in [0.5, 0.6) is 0 Å². The molecular formula is C10H15NO4S2. The third-order valence-electron chi connectivity index (χ3n) is 1.98. The Balaban J connectivity index is 2.70. The predicted octanol–water partition coefficient (Wildman–Crippen LogP) is 2.54. The van der Waals surface area contributed by atoms with Gasteiger partial charge in [-0.1, -0.05) is 18.5 Å². The maximum Gasteiger partial charge on any atom is 0.304 e. The van der Waals surface area contributed by atoms with Crippen molar-refractivity contribution in [2.75, 3.05) is 6.61 Å². The minimum absolute atomic E-state index is 0.0874. The summed E-state index contributed by atoms with van der Waals surface area (Å²) < 4.78 is 30.5. The van der Waals surface area contributed by atoms with E-state index in [1.54, 1.807) is 13.0 Å². The molecule has 0 spiro atoms. The first kappa shape index (κ1) is 14.1. The summed E-state index contributed by atoms with van der Waals surface area (Å²) >= 11 is 0.963. The number of nitrogens with zero attached hydrogens (tertiary/aromatic N) is 1. The van der Waals surface area contributed by atoms with Crippen LogP contribution >= 0.6 is 11.3 Å². The third kappa shape index (κ3) is 4.45. The van der Waals surface area contributed by atoms with E-state index in [4.69, 9.17) is 9.39 Å². The van der Waals surface area contributed by atoms with Crippen LogP contribution in [0.3, 0.4) is 0 Å². The smallest absolute Gasteiger partial charge is 0.304 e. The van der Waals surface area contributed by atoms with Crippen LogP contribution in [0.15, 0.2) is 21.5 Å². The summed E-state index contributed by atoms with van der Waals surface area (Å²) in [4.78, 5) is 5.73. The normalized spacial score (nSPS) is 12.8. The summed E-state index contributed by atoms with van der Waals surface area (Å²) in [6.07, 6.45) is 1.96. The Bertz CT molecular complexity index is 490. The Labute approximate surface area is 105 Å². The Morgan fingerprint density at radius 3 is 2.76 bits per heavy atom. The van der Waals surface area contributed by atoms with Crippen molar-refractivity contribution in [2.45, 2.75) is 30.9 Å². The molecule has 0 saturated heterocycles. The maximum absolute atomic E-state index is 10.9. The van der Waals surface area contributed by atoms with Gasteiger partial charge in [0, 0.05) is 0 Å². The molecule has 0 aromatic carbocycles. The molecular weight excluding hydrogens is 262 g/mol. The lowest BCUT2D eigenvalue weighted by molar-refractivity contribution is 0.141. The van der Waals surface area contributed by atoms with Crippen LogP contribution in [0.25, 0.3) is 0 Å². The lowest BCUT2D eigenvalue weighted by Crippen LogP contribution is -1.95. The van der Waals surface area contributed by atoms with Crippen molar-refractivity contribution in [2.24, 2.45) is 5.16 Å². The van der Waals surface area contributed by atoms with Gasteiger partial charge in [0.2, 0.25) is 0 Å². The summed E-state index contributed by atoms with van der Waals surface area (Å²) in [7, 11) is -4.12. The Morgan fingerprint density at radius 2 is 2.24 bits per heavy atom. The molecule has 0 amide bonds. The topological polar surface area (TPSA) is 76.0 Å². The van der Waals surface area contributed by atoms with Gasteiger partial charge in [-0.2, -0.15) is 8.42 Å². The molecule has 0 saturated carbocycles. The van der Waals surface area contributed by atoms with Gasteiger partial charge in [0.05, 0.1) is 10.6 Å². The number of hydrogen-bond donors (Lipinski definition) is 1. The van der Waals surface area contributed by atoms with Gasteiger partial charge in [-0.15, -0.1) is 11.3 Å². The Morgan fingerprint density at radius 1 is 1.53 bits per heavy atom. The lowest BCUT2D eigenvalue weighted by atomic mass is 10.3. The van der Waals surface area contributed by atoms with Gasteiger partial charge in [-0.05, 0) is 25.5 Å². The molecule has 0 bridgehead atoms. The fourth-order valence-electron chi connectivity index (χ4n) is 1.05. The molecule has 0 unspecified atom stereocenters. The highest BCUT2D eigenvalue weighted by Gasteiger charge is 2.13. The largest absolute Gasteiger partial charge is 0.396 e. The quantitative estimate of drug-likeness (QED) is 0.375. The van der Waals surface area contributed by atoms with E-state index in [0.29, 0.717) is 17.2 Å². The second kappa shape index (κ2) is 6.13. The summed E-state index contributed by atoms with van der Waals surface area (Å²) in [6, 6.07) is 2.94. The molecule has 17 heavy (non-hydrogen) atoms. The zero-order valence-electron chi connectivity index (χ0n) is 9.71. The minimum atomic E-state index is -4.12. The van der Waals surface area contributed by atoms with Crippen LogP contribution in [0, 0.1) is 0 Å². The second-order valence-electron chi connectivity index (χ2n) is 3.46. The van der Waals surface area contributed by atoms with Crippen molar-refractivity contribution in [3.63, 3.8) is 0 Å². The molecule has 96 valence electrons. The van der Waals surface area contributed by atoms with E-state index in [-0.39, 0.29) is 4.21 Å². The highest BCUT2D eigenvalue weighted by molar-refractivity contribution is 7.88. The first-order valence-electron chi connectivity index (χ1n) is 5.19. The molecule has 7 heteroatoms. The number of hydrogen-bond acceptors (Lipinski definition) is 5. The molecule has 1 heterocycles. The SMILES string of the molecule is CCCCON=C(C)c1ccc(S(=O)(=O)O)s1. The molecule has 0 aliphatic rings. The fourth-order valence-corrected chi connectivity index (χ4v) is 2.65. The summed E-state index contributed by atoms with van der Waals surface area (Å²) in [5, 5.41) is 3.88. The van der Waals surface area contributed by atoms with Crippen LogP contribution in [-0.4, -0.2) is 25.3 Å². The van der Waals surface area contributed by atoms with Gasteiger partial charge in [0.15, 0.2) is 0 Å². The fraction of sp³-hybridized carbons (Fsp3) is 0.500. The van der Waals surface area contributed by atoms with E-state index in [2.05, 4.69) is 12.1 Å². The minimum Gasteiger partial charge on any atom is -0.396 e. The summed E-state index contributed by atoms with van der Waals surface area (Å²) in [5.41, 5.74) is 0.598. The number of oxime groups is 1. The molecule has 0 aliphatic carbocycles. The van der Waals surface area contributed by atoms with E-state index in [9.17, 15) is 8.42 Å². The zero-order valence-corrected chi connectivity index (χ0v) is 11.3. The summed E-state index contributed by atoms with van der Waals surface area (Å²) in [6.45, 7) is 4.33. The zero-order chi connectivity index (χ0) is 12.9. The van der Waals surface area contributed by atoms with Crippen LogP contribution in [0.1, 0.15) is 31.6 Å². The standard InChI is InChI=1S/C10H15NO4S2/c1-3-4-7-15-11-8(2)9-5-6-10(16-9)17(12,13)14/h5-6H,3-4,7H2,1-2H3,(H,12,13,14). The molecule has 0 aliphatic heterocycles. The molecule has 1 N–H and O–H groups in total. The monoisotopic (exact) mass is 277 g/mol. The van der Waals surface area contributed by atoms with Crippen LogP contribution in [0.2, 0.25) is 0 Å². The van der Waals surface area contributed by atoms with E-state index < -0.39 is 10.1 Å². The van der Waals surface area contributed by atoms with Gasteiger partial charge in [0.25, 0.3) is 0 Å². The molecule has 0 atom stereocenters. The maximum atomic E-state index is 10.9. The van der Waals surface area contributed by atoms with Crippen molar-refractivity contribution in [3.8, 4) is 0 Å². The predicted molar refractivity (Wildman–Crippen MR) is 67.2 cm³/mol. The van der Waals surface area contributed by atoms with E-state index in [1.165, 1.54) is 6.07 Å². The number of unbranched alkanes of at least 4 members (excludes halogenated alkanes) is 1. The molecule has 1 aromatic rings. The number of thiophene rings is 1. The highest BCUT2D eigenvalue weighted by Crippen LogP contribution is 2.21.